The third-order valence-corrected chi connectivity index (χ3v) is 4.85. The van der Waals surface area contributed by atoms with E-state index in [0.29, 0.717) is 0 Å². The van der Waals surface area contributed by atoms with Gasteiger partial charge >= 0.3 is 0 Å². The number of aryl methyl sites for hydroxylation is 1. The zero-order valence-electron chi connectivity index (χ0n) is 14.9. The smallest absolute Gasteiger partial charge is 0.242 e. The second-order valence-electron chi connectivity index (χ2n) is 7.00. The molecule has 5 heteroatoms. The zero-order chi connectivity index (χ0) is 17.7. The van der Waals surface area contributed by atoms with Crippen molar-refractivity contribution in [1.29, 1.82) is 0 Å². The third-order valence-electron chi connectivity index (χ3n) is 4.85. The van der Waals surface area contributed by atoms with Gasteiger partial charge in [-0.1, -0.05) is 38.1 Å². The van der Waals surface area contributed by atoms with Gasteiger partial charge in [0.2, 0.25) is 11.8 Å². The van der Waals surface area contributed by atoms with E-state index < -0.39 is 6.04 Å². The van der Waals surface area contributed by atoms with E-state index in [1.807, 2.05) is 30.9 Å². The van der Waals surface area contributed by atoms with Gasteiger partial charge in [0.05, 0.1) is 12.6 Å². The summed E-state index contributed by atoms with van der Waals surface area (Å²) in [5.74, 6) is -0.218. The summed E-state index contributed by atoms with van der Waals surface area (Å²) in [7, 11) is 0. The molecule has 0 radical (unpaired) electrons. The van der Waals surface area contributed by atoms with Crippen LogP contribution in [0.25, 0.3) is 0 Å². The number of likely N-dealkylation sites (tertiary alicyclic amines) is 1. The molecule has 1 fully saturated rings. The Kier molecular flexibility index (Phi) is 6.37. The fourth-order valence-electron chi connectivity index (χ4n) is 3.15. The minimum Gasteiger partial charge on any atom is -0.346 e. The van der Waals surface area contributed by atoms with Gasteiger partial charge in [-0.05, 0) is 43.2 Å². The highest BCUT2D eigenvalue weighted by Crippen LogP contribution is 2.22. The molecule has 2 rings (SSSR count). The van der Waals surface area contributed by atoms with Crippen LogP contribution in [-0.4, -0.2) is 41.9 Å². The van der Waals surface area contributed by atoms with Crippen molar-refractivity contribution >= 4 is 11.8 Å². The van der Waals surface area contributed by atoms with E-state index in [4.69, 9.17) is 5.73 Å². The van der Waals surface area contributed by atoms with Crippen LogP contribution in [0.5, 0.6) is 0 Å². The van der Waals surface area contributed by atoms with Gasteiger partial charge in [-0.2, -0.15) is 0 Å². The minimum absolute atomic E-state index is 0.0182. The van der Waals surface area contributed by atoms with E-state index in [9.17, 15) is 9.59 Å². The summed E-state index contributed by atoms with van der Waals surface area (Å²) in [5.41, 5.74) is 8.35. The Bertz CT molecular complexity index is 586. The average Bonchev–Trinajstić information content (AvgIpc) is 3.01. The van der Waals surface area contributed by atoms with Crippen LogP contribution in [0.2, 0.25) is 0 Å². The summed E-state index contributed by atoms with van der Waals surface area (Å²) in [6.07, 6.45) is 2.90. The molecule has 1 heterocycles. The number of carbonyl (C=O) groups is 2. The molecule has 132 valence electrons. The van der Waals surface area contributed by atoms with E-state index >= 15 is 0 Å². The summed E-state index contributed by atoms with van der Waals surface area (Å²) < 4.78 is 0. The van der Waals surface area contributed by atoms with Crippen molar-refractivity contribution in [3.8, 4) is 0 Å². The normalized spacial score (nSPS) is 18.7. The van der Waals surface area contributed by atoms with Crippen molar-refractivity contribution in [3.05, 3.63) is 35.4 Å². The monoisotopic (exact) mass is 331 g/mol. The first-order valence-electron chi connectivity index (χ1n) is 8.77. The first kappa shape index (κ1) is 18.5. The first-order valence-corrected chi connectivity index (χ1v) is 8.77. The number of amides is 2. The van der Waals surface area contributed by atoms with Gasteiger partial charge in [-0.15, -0.1) is 0 Å². The van der Waals surface area contributed by atoms with Gasteiger partial charge in [-0.3, -0.25) is 9.59 Å². The number of carbonyl (C=O) groups excluding carboxylic acids is 2. The van der Waals surface area contributed by atoms with Crippen molar-refractivity contribution in [2.45, 2.75) is 52.1 Å². The summed E-state index contributed by atoms with van der Waals surface area (Å²) in [4.78, 5) is 26.3. The quantitative estimate of drug-likeness (QED) is 0.832. The molecule has 1 aromatic rings. The average molecular weight is 331 g/mol. The SMILES string of the molecule is Cc1ccccc1CC1CCCN1C(=O)CNC(=O)[C@@H](N)C(C)C. The lowest BCUT2D eigenvalue weighted by atomic mass is 10.00. The van der Waals surface area contributed by atoms with Crippen LogP contribution in [0.1, 0.15) is 37.8 Å². The van der Waals surface area contributed by atoms with Crippen LogP contribution in [0.3, 0.4) is 0 Å². The van der Waals surface area contributed by atoms with Gasteiger partial charge in [0.1, 0.15) is 0 Å². The van der Waals surface area contributed by atoms with Crippen molar-refractivity contribution in [1.82, 2.24) is 10.2 Å². The predicted octanol–water partition coefficient (Wildman–Crippen LogP) is 1.63. The molecule has 0 spiro atoms. The van der Waals surface area contributed by atoms with E-state index in [2.05, 4.69) is 24.4 Å². The number of benzene rings is 1. The van der Waals surface area contributed by atoms with Crippen molar-refractivity contribution < 1.29 is 9.59 Å². The van der Waals surface area contributed by atoms with E-state index in [1.165, 1.54) is 11.1 Å². The Morgan fingerprint density at radius 1 is 1.33 bits per heavy atom. The molecule has 5 nitrogen and oxygen atoms in total. The number of hydrogen-bond donors (Lipinski definition) is 2. The molecule has 1 aromatic carbocycles. The van der Waals surface area contributed by atoms with Crippen LogP contribution >= 0.6 is 0 Å². The Morgan fingerprint density at radius 2 is 2.04 bits per heavy atom. The summed E-state index contributed by atoms with van der Waals surface area (Å²) >= 11 is 0. The number of hydrogen-bond acceptors (Lipinski definition) is 3. The second-order valence-corrected chi connectivity index (χ2v) is 7.00. The van der Waals surface area contributed by atoms with Crippen LogP contribution in [0.15, 0.2) is 24.3 Å². The maximum atomic E-state index is 12.5. The highest BCUT2D eigenvalue weighted by Gasteiger charge is 2.29. The maximum absolute atomic E-state index is 12.5. The lowest BCUT2D eigenvalue weighted by Gasteiger charge is -2.26. The third kappa shape index (κ3) is 4.57. The summed E-state index contributed by atoms with van der Waals surface area (Å²) in [6.45, 7) is 6.69. The molecule has 0 aromatic heterocycles. The summed E-state index contributed by atoms with van der Waals surface area (Å²) in [6, 6.07) is 7.94. The fourth-order valence-corrected chi connectivity index (χ4v) is 3.15. The van der Waals surface area contributed by atoms with E-state index in [-0.39, 0.29) is 30.3 Å². The second kappa shape index (κ2) is 8.29. The first-order chi connectivity index (χ1) is 11.4. The lowest BCUT2D eigenvalue weighted by molar-refractivity contribution is -0.134. The molecular weight excluding hydrogens is 302 g/mol. The number of nitrogens with one attached hydrogen (secondary N) is 1. The van der Waals surface area contributed by atoms with Gasteiger partial charge < -0.3 is 16.0 Å². The van der Waals surface area contributed by atoms with E-state index in [0.717, 1.165) is 25.8 Å². The van der Waals surface area contributed by atoms with Crippen LogP contribution in [0.4, 0.5) is 0 Å². The topological polar surface area (TPSA) is 75.4 Å². The highest BCUT2D eigenvalue weighted by atomic mass is 16.2. The largest absolute Gasteiger partial charge is 0.346 e. The summed E-state index contributed by atoms with van der Waals surface area (Å²) in [5, 5.41) is 2.68. The van der Waals surface area contributed by atoms with Gasteiger partial charge in [0, 0.05) is 12.6 Å². The molecule has 24 heavy (non-hydrogen) atoms. The highest BCUT2D eigenvalue weighted by molar-refractivity contribution is 5.87. The molecule has 3 N–H and O–H groups in total. The molecule has 1 aliphatic rings. The van der Waals surface area contributed by atoms with Crippen molar-refractivity contribution in [2.24, 2.45) is 11.7 Å². The molecule has 1 unspecified atom stereocenters. The molecule has 1 aliphatic heterocycles. The Morgan fingerprint density at radius 3 is 2.71 bits per heavy atom. The number of nitrogens with two attached hydrogens (primary N) is 1. The standard InChI is InChI=1S/C19H29N3O2/c1-13(2)18(20)19(24)21-12-17(23)22-10-6-9-16(22)11-15-8-5-4-7-14(15)3/h4-5,7-8,13,16,18H,6,9-12,20H2,1-3H3,(H,21,24)/t16?,18-/m0/s1. The van der Waals surface area contributed by atoms with Crippen LogP contribution in [0, 0.1) is 12.8 Å². The lowest BCUT2D eigenvalue weighted by Crippen LogP contribution is -2.48. The fraction of sp³-hybridized carbons (Fsp3) is 0.579. The van der Waals surface area contributed by atoms with Crippen molar-refractivity contribution in [3.63, 3.8) is 0 Å². The minimum atomic E-state index is -0.570. The molecule has 0 bridgehead atoms. The molecule has 0 saturated carbocycles. The van der Waals surface area contributed by atoms with Crippen molar-refractivity contribution in [2.75, 3.05) is 13.1 Å². The Labute approximate surface area is 144 Å². The number of rotatable bonds is 6. The van der Waals surface area contributed by atoms with Gasteiger partial charge in [0.15, 0.2) is 0 Å². The molecule has 2 atom stereocenters. The molecule has 1 saturated heterocycles. The molecular formula is C19H29N3O2. The molecule has 0 aliphatic carbocycles. The Hall–Kier alpha value is -1.88. The van der Waals surface area contributed by atoms with Crippen LogP contribution in [-0.2, 0) is 16.0 Å². The Balaban J connectivity index is 1.91. The van der Waals surface area contributed by atoms with Crippen LogP contribution < -0.4 is 11.1 Å². The number of nitrogens with zero attached hydrogens (tertiary/aromatic N) is 1. The molecule has 2 amide bonds. The van der Waals surface area contributed by atoms with Gasteiger partial charge in [0.25, 0.3) is 0 Å². The van der Waals surface area contributed by atoms with Gasteiger partial charge in [-0.25, -0.2) is 0 Å². The maximum Gasteiger partial charge on any atom is 0.242 e. The zero-order valence-corrected chi connectivity index (χ0v) is 14.9. The predicted molar refractivity (Wildman–Crippen MR) is 95.4 cm³/mol. The van der Waals surface area contributed by atoms with E-state index in [1.54, 1.807) is 0 Å².